The number of rotatable bonds is 19. The van der Waals surface area contributed by atoms with Gasteiger partial charge in [-0.1, -0.05) is 45.9 Å². The highest BCUT2D eigenvalue weighted by atomic mass is 16.4. The van der Waals surface area contributed by atoms with Gasteiger partial charge in [0.2, 0.25) is 23.6 Å². The number of benzene rings is 2. The van der Waals surface area contributed by atoms with Crippen LogP contribution in [0.25, 0.3) is 10.9 Å². The Kier molecular flexibility index (Phi) is 14.8. The number of phenolic OH excluding ortho intramolecular Hbond substituents is 3. The van der Waals surface area contributed by atoms with Gasteiger partial charge in [-0.15, -0.1) is 0 Å². The Hall–Kier alpha value is -6.33. The number of hydrogen-bond donors (Lipinski definition) is 11. The SMILES string of the molecule is CC(C)[C@@H](NC(=O)[C@H](CC(=O)O)NC(=O)[C@H](NC(=O)[C@H](Cc1c[nH]c2ccccc12)NC(=O)CCCNC(=O)c1cc(O)c(O)c(O)c1)C(C)C)C(=O)O. The van der Waals surface area contributed by atoms with E-state index in [9.17, 15) is 59.1 Å². The van der Waals surface area contributed by atoms with Crippen LogP contribution in [0.15, 0.2) is 42.6 Å². The number of aliphatic carboxylic acids is 2. The minimum absolute atomic E-state index is 0.0149. The number of nitrogens with one attached hydrogen (secondary N) is 6. The zero-order valence-corrected chi connectivity index (χ0v) is 30.1. The second-order valence-corrected chi connectivity index (χ2v) is 13.4. The molecule has 1 aromatic heterocycles. The third kappa shape index (κ3) is 11.6. The van der Waals surface area contributed by atoms with Gasteiger partial charge in [-0.25, -0.2) is 4.79 Å². The number of aromatic nitrogens is 1. The van der Waals surface area contributed by atoms with Crippen molar-refractivity contribution in [3.63, 3.8) is 0 Å². The Bertz CT molecular complexity index is 1850. The zero-order valence-electron chi connectivity index (χ0n) is 30.1. The maximum absolute atomic E-state index is 13.8. The average molecular weight is 755 g/mol. The summed E-state index contributed by atoms with van der Waals surface area (Å²) in [6, 6.07) is 3.57. The number of carbonyl (C=O) groups is 7. The number of para-hydroxylation sites is 1. The van der Waals surface area contributed by atoms with Crippen LogP contribution in [0.5, 0.6) is 17.2 Å². The fraction of sp³-hybridized carbons (Fsp3) is 0.417. The summed E-state index contributed by atoms with van der Waals surface area (Å²) in [6.07, 6.45) is 0.736. The number of hydrogen-bond acceptors (Lipinski definition) is 10. The molecule has 0 spiro atoms. The minimum atomic E-state index is -1.68. The second-order valence-electron chi connectivity index (χ2n) is 13.4. The van der Waals surface area contributed by atoms with Crippen LogP contribution in [0.1, 0.15) is 62.9 Å². The molecule has 0 saturated carbocycles. The highest BCUT2D eigenvalue weighted by Crippen LogP contribution is 2.35. The van der Waals surface area contributed by atoms with Crippen LogP contribution < -0.4 is 26.6 Å². The second kappa shape index (κ2) is 19.0. The van der Waals surface area contributed by atoms with E-state index in [1.54, 1.807) is 26.1 Å². The fourth-order valence-corrected chi connectivity index (χ4v) is 5.49. The van der Waals surface area contributed by atoms with Crippen molar-refractivity contribution in [2.75, 3.05) is 6.54 Å². The molecule has 18 nitrogen and oxygen atoms in total. The van der Waals surface area contributed by atoms with Crippen LogP contribution >= 0.6 is 0 Å². The molecule has 4 atom stereocenters. The van der Waals surface area contributed by atoms with E-state index < -0.39 is 101 Å². The molecule has 0 aliphatic rings. The van der Waals surface area contributed by atoms with Gasteiger partial charge in [-0.3, -0.25) is 28.8 Å². The Morgan fingerprint density at radius 2 is 1.33 bits per heavy atom. The number of fused-ring (bicyclic) bond motifs is 1. The molecule has 0 aliphatic heterocycles. The van der Waals surface area contributed by atoms with Crippen LogP contribution in [-0.4, -0.2) is 103 Å². The van der Waals surface area contributed by atoms with Crippen molar-refractivity contribution in [2.45, 2.75) is 77.5 Å². The molecule has 292 valence electrons. The number of aromatic hydroxyl groups is 3. The van der Waals surface area contributed by atoms with Gasteiger partial charge in [-0.2, -0.15) is 0 Å². The normalized spacial score (nSPS) is 13.4. The zero-order chi connectivity index (χ0) is 40.3. The number of carboxylic acids is 2. The van der Waals surface area contributed by atoms with E-state index in [1.165, 1.54) is 13.8 Å². The molecule has 54 heavy (non-hydrogen) atoms. The molecule has 0 radical (unpaired) electrons. The van der Waals surface area contributed by atoms with Gasteiger partial charge in [0.25, 0.3) is 5.91 Å². The maximum Gasteiger partial charge on any atom is 0.326 e. The highest BCUT2D eigenvalue weighted by Gasteiger charge is 2.34. The van der Waals surface area contributed by atoms with Crippen molar-refractivity contribution in [1.29, 1.82) is 0 Å². The van der Waals surface area contributed by atoms with Gasteiger partial charge in [0.15, 0.2) is 17.2 Å². The molecule has 0 bridgehead atoms. The molecule has 0 unspecified atom stereocenters. The summed E-state index contributed by atoms with van der Waals surface area (Å²) in [4.78, 5) is 92.2. The Balaban J connectivity index is 1.75. The fourth-order valence-electron chi connectivity index (χ4n) is 5.49. The lowest BCUT2D eigenvalue weighted by atomic mass is 9.99. The first-order chi connectivity index (χ1) is 25.4. The molecule has 0 fully saturated rings. The molecular weight excluding hydrogens is 708 g/mol. The van der Waals surface area contributed by atoms with E-state index in [-0.39, 0.29) is 31.4 Å². The average Bonchev–Trinajstić information content (AvgIpc) is 3.51. The van der Waals surface area contributed by atoms with E-state index in [0.29, 0.717) is 5.56 Å². The Labute approximate surface area is 309 Å². The van der Waals surface area contributed by atoms with Crippen molar-refractivity contribution in [1.82, 2.24) is 31.6 Å². The lowest BCUT2D eigenvalue weighted by molar-refractivity contribution is -0.144. The summed E-state index contributed by atoms with van der Waals surface area (Å²) in [5, 5.41) is 60.9. The van der Waals surface area contributed by atoms with Gasteiger partial charge >= 0.3 is 11.9 Å². The molecule has 2 aromatic carbocycles. The third-order valence-electron chi connectivity index (χ3n) is 8.44. The van der Waals surface area contributed by atoms with Crippen LogP contribution in [0, 0.1) is 11.8 Å². The van der Waals surface area contributed by atoms with Crippen molar-refractivity contribution in [3.8, 4) is 17.2 Å². The van der Waals surface area contributed by atoms with Crippen molar-refractivity contribution >= 4 is 52.4 Å². The van der Waals surface area contributed by atoms with E-state index >= 15 is 0 Å². The minimum Gasteiger partial charge on any atom is -0.504 e. The standard InChI is InChI=1S/C36H46N6O12/c1-17(2)29(35(52)40-24(15-28(46)47)34(51)42-30(18(3)4)36(53)54)41-33(50)23(12-20-16-38-22-9-6-5-8-21(20)22)39-27(45)10-7-11-37-32(49)19-13-25(43)31(48)26(44)14-19/h5-6,8-9,13-14,16-18,23-24,29-30,38,43-44,48H,7,10-12,15H2,1-4H3,(H,37,49)(H,39,45)(H,40,52)(H,41,50)(H,42,51)(H,46,47)(H,53,54)/t23-,24-,29+,30+/m0/s1. The third-order valence-corrected chi connectivity index (χ3v) is 8.44. The monoisotopic (exact) mass is 754 g/mol. The molecule has 11 N–H and O–H groups in total. The van der Waals surface area contributed by atoms with Gasteiger partial charge in [0, 0.05) is 42.0 Å². The lowest BCUT2D eigenvalue weighted by Crippen LogP contribution is -2.59. The topological polar surface area (TPSA) is 297 Å². The molecule has 5 amide bonds. The number of amides is 5. The molecule has 1 heterocycles. The van der Waals surface area contributed by atoms with E-state index in [1.807, 2.05) is 18.2 Å². The largest absolute Gasteiger partial charge is 0.504 e. The van der Waals surface area contributed by atoms with Crippen LogP contribution in [0.3, 0.4) is 0 Å². The number of carboxylic acid groups (broad SMARTS) is 2. The van der Waals surface area contributed by atoms with Crippen molar-refractivity contribution in [3.05, 3.63) is 53.7 Å². The van der Waals surface area contributed by atoms with Crippen LogP contribution in [0.2, 0.25) is 0 Å². The van der Waals surface area contributed by atoms with Gasteiger partial charge in [-0.05, 0) is 42.0 Å². The Morgan fingerprint density at radius 1 is 0.741 bits per heavy atom. The van der Waals surface area contributed by atoms with Crippen molar-refractivity contribution < 1.29 is 59.1 Å². The number of H-pyrrole nitrogens is 1. The summed E-state index contributed by atoms with van der Waals surface area (Å²) < 4.78 is 0. The van der Waals surface area contributed by atoms with E-state index in [4.69, 9.17) is 0 Å². The van der Waals surface area contributed by atoms with Gasteiger partial charge < -0.3 is 57.1 Å². The van der Waals surface area contributed by atoms with E-state index in [0.717, 1.165) is 23.0 Å². The summed E-state index contributed by atoms with van der Waals surface area (Å²) in [7, 11) is 0. The van der Waals surface area contributed by atoms with Crippen LogP contribution in [0.4, 0.5) is 0 Å². The Morgan fingerprint density at radius 3 is 1.93 bits per heavy atom. The first-order valence-corrected chi connectivity index (χ1v) is 17.1. The summed E-state index contributed by atoms with van der Waals surface area (Å²) in [5.41, 5.74) is 1.30. The predicted octanol–water partition coefficient (Wildman–Crippen LogP) is 0.848. The van der Waals surface area contributed by atoms with E-state index in [2.05, 4.69) is 31.6 Å². The molecule has 0 saturated heterocycles. The first-order valence-electron chi connectivity index (χ1n) is 17.1. The van der Waals surface area contributed by atoms with Gasteiger partial charge in [0.05, 0.1) is 6.42 Å². The first kappa shape index (κ1) is 42.1. The summed E-state index contributed by atoms with van der Waals surface area (Å²) >= 11 is 0. The number of carbonyl (C=O) groups excluding carboxylic acids is 5. The van der Waals surface area contributed by atoms with Crippen LogP contribution in [-0.2, 0) is 35.2 Å². The molecule has 3 aromatic rings. The molecule has 0 aliphatic carbocycles. The lowest BCUT2D eigenvalue weighted by Gasteiger charge is -2.28. The highest BCUT2D eigenvalue weighted by molar-refractivity contribution is 5.97. The quantitative estimate of drug-likeness (QED) is 0.0600. The predicted molar refractivity (Wildman–Crippen MR) is 192 cm³/mol. The maximum atomic E-state index is 13.8. The molecular formula is C36H46N6O12. The molecule has 18 heteroatoms. The van der Waals surface area contributed by atoms with Gasteiger partial charge in [0.1, 0.15) is 24.2 Å². The number of phenols is 3. The molecule has 3 rings (SSSR count). The summed E-state index contributed by atoms with van der Waals surface area (Å²) in [5.74, 6) is -10.1. The summed E-state index contributed by atoms with van der Waals surface area (Å²) in [6.45, 7) is 6.25. The number of aromatic amines is 1. The van der Waals surface area contributed by atoms with Crippen molar-refractivity contribution in [2.24, 2.45) is 11.8 Å². The smallest absolute Gasteiger partial charge is 0.326 e.